The molecule has 1 saturated heterocycles. The standard InChI is InChI=1S/C13H15BrN2O2/c14-10-3-1-4-11(7-10)15-13(18)9-16-6-2-5-12(17)8-16/h1,3-4,7H,2,5-6,8-9H2,(H,15,18). The molecule has 1 aliphatic heterocycles. The monoisotopic (exact) mass is 310 g/mol. The van der Waals surface area contributed by atoms with Crippen molar-refractivity contribution in [3.63, 3.8) is 0 Å². The molecule has 1 N–H and O–H groups in total. The van der Waals surface area contributed by atoms with Gasteiger partial charge in [0.15, 0.2) is 0 Å². The summed E-state index contributed by atoms with van der Waals surface area (Å²) in [5.74, 6) is 0.138. The van der Waals surface area contributed by atoms with Gasteiger partial charge in [-0.1, -0.05) is 22.0 Å². The SMILES string of the molecule is O=C1CCCN(CC(=O)Nc2cccc(Br)c2)C1. The lowest BCUT2D eigenvalue weighted by atomic mass is 10.1. The Morgan fingerprint density at radius 2 is 2.28 bits per heavy atom. The number of carbonyl (C=O) groups is 2. The lowest BCUT2D eigenvalue weighted by Gasteiger charge is -2.24. The summed E-state index contributed by atoms with van der Waals surface area (Å²) in [4.78, 5) is 25.0. The van der Waals surface area contributed by atoms with E-state index in [1.54, 1.807) is 0 Å². The number of amides is 1. The number of rotatable bonds is 3. The predicted octanol–water partition coefficient (Wildman–Crippen LogP) is 2.05. The van der Waals surface area contributed by atoms with Gasteiger partial charge in [0.05, 0.1) is 13.1 Å². The third kappa shape index (κ3) is 3.92. The third-order valence-electron chi connectivity index (χ3n) is 2.81. The van der Waals surface area contributed by atoms with Crippen molar-refractivity contribution in [1.29, 1.82) is 0 Å². The Morgan fingerprint density at radius 1 is 1.44 bits per heavy atom. The number of halogens is 1. The summed E-state index contributed by atoms with van der Waals surface area (Å²) in [6.45, 7) is 1.49. The van der Waals surface area contributed by atoms with Crippen molar-refractivity contribution in [3.8, 4) is 0 Å². The summed E-state index contributed by atoms with van der Waals surface area (Å²) in [5, 5.41) is 2.82. The summed E-state index contributed by atoms with van der Waals surface area (Å²) >= 11 is 3.35. The van der Waals surface area contributed by atoms with E-state index in [1.807, 2.05) is 29.2 Å². The molecule has 1 aromatic rings. The molecule has 0 bridgehead atoms. The van der Waals surface area contributed by atoms with Crippen LogP contribution in [0.1, 0.15) is 12.8 Å². The summed E-state index contributed by atoms with van der Waals surface area (Å²) < 4.78 is 0.924. The Balaban J connectivity index is 1.86. The molecule has 18 heavy (non-hydrogen) atoms. The van der Waals surface area contributed by atoms with Crippen LogP contribution in [-0.2, 0) is 9.59 Å². The second-order valence-electron chi connectivity index (χ2n) is 4.41. The molecule has 1 aromatic carbocycles. The van der Waals surface area contributed by atoms with Crippen molar-refractivity contribution in [2.75, 3.05) is 25.0 Å². The van der Waals surface area contributed by atoms with E-state index in [0.29, 0.717) is 13.0 Å². The van der Waals surface area contributed by atoms with Gasteiger partial charge in [-0.25, -0.2) is 0 Å². The maximum atomic E-state index is 11.8. The van der Waals surface area contributed by atoms with Crippen LogP contribution in [0.4, 0.5) is 5.69 Å². The first-order valence-electron chi connectivity index (χ1n) is 5.93. The first-order chi connectivity index (χ1) is 8.63. The molecule has 5 heteroatoms. The van der Waals surface area contributed by atoms with Crippen LogP contribution in [-0.4, -0.2) is 36.2 Å². The first kappa shape index (κ1) is 13.2. The minimum atomic E-state index is -0.0807. The largest absolute Gasteiger partial charge is 0.325 e. The average Bonchev–Trinajstić information content (AvgIpc) is 2.28. The highest BCUT2D eigenvalue weighted by Gasteiger charge is 2.18. The van der Waals surface area contributed by atoms with Crippen LogP contribution in [0, 0.1) is 0 Å². The van der Waals surface area contributed by atoms with E-state index in [4.69, 9.17) is 0 Å². The van der Waals surface area contributed by atoms with Gasteiger partial charge in [0.2, 0.25) is 5.91 Å². The molecule has 0 aromatic heterocycles. The maximum Gasteiger partial charge on any atom is 0.238 e. The number of hydrogen-bond donors (Lipinski definition) is 1. The molecule has 0 spiro atoms. The molecule has 1 aliphatic rings. The van der Waals surface area contributed by atoms with Gasteiger partial charge < -0.3 is 5.32 Å². The highest BCUT2D eigenvalue weighted by molar-refractivity contribution is 9.10. The number of ketones is 1. The van der Waals surface area contributed by atoms with E-state index >= 15 is 0 Å². The fourth-order valence-corrected chi connectivity index (χ4v) is 2.41. The number of nitrogens with one attached hydrogen (secondary N) is 1. The third-order valence-corrected chi connectivity index (χ3v) is 3.30. The molecule has 0 unspecified atom stereocenters. The molecule has 1 amide bonds. The Hall–Kier alpha value is -1.20. The van der Waals surface area contributed by atoms with E-state index in [1.165, 1.54) is 0 Å². The van der Waals surface area contributed by atoms with Crippen LogP contribution in [0.3, 0.4) is 0 Å². The fourth-order valence-electron chi connectivity index (χ4n) is 2.01. The molecule has 0 atom stereocenters. The minimum absolute atomic E-state index is 0.0807. The lowest BCUT2D eigenvalue weighted by Crippen LogP contribution is -2.40. The smallest absolute Gasteiger partial charge is 0.238 e. The minimum Gasteiger partial charge on any atom is -0.325 e. The first-order valence-corrected chi connectivity index (χ1v) is 6.72. The maximum absolute atomic E-state index is 11.8. The summed E-state index contributed by atoms with van der Waals surface area (Å²) in [5.41, 5.74) is 0.762. The van der Waals surface area contributed by atoms with E-state index in [2.05, 4.69) is 21.2 Å². The zero-order valence-electron chi connectivity index (χ0n) is 9.99. The van der Waals surface area contributed by atoms with Gasteiger partial charge in [0, 0.05) is 16.6 Å². The molecular formula is C13H15BrN2O2. The van der Waals surface area contributed by atoms with E-state index in [0.717, 1.165) is 23.1 Å². The van der Waals surface area contributed by atoms with Crippen LogP contribution in [0.5, 0.6) is 0 Å². The Morgan fingerprint density at radius 3 is 3.00 bits per heavy atom. The molecule has 96 valence electrons. The van der Waals surface area contributed by atoms with E-state index in [9.17, 15) is 9.59 Å². The number of piperidine rings is 1. The van der Waals surface area contributed by atoms with Crippen LogP contribution in [0.25, 0.3) is 0 Å². The van der Waals surface area contributed by atoms with Crippen LogP contribution in [0.15, 0.2) is 28.7 Å². The Labute approximate surface area is 114 Å². The lowest BCUT2D eigenvalue weighted by molar-refractivity contribution is -0.123. The quantitative estimate of drug-likeness (QED) is 0.929. The van der Waals surface area contributed by atoms with Gasteiger partial charge in [-0.2, -0.15) is 0 Å². The van der Waals surface area contributed by atoms with E-state index < -0.39 is 0 Å². The number of Topliss-reactive ketones (excluding diaryl/α,β-unsaturated/α-hetero) is 1. The number of nitrogens with zero attached hydrogens (tertiary/aromatic N) is 1. The summed E-state index contributed by atoms with van der Waals surface area (Å²) in [6, 6.07) is 7.45. The Kier molecular flexibility index (Phi) is 4.49. The molecular weight excluding hydrogens is 296 g/mol. The number of carbonyl (C=O) groups excluding carboxylic acids is 2. The Bertz CT molecular complexity index is 462. The van der Waals surface area contributed by atoms with Gasteiger partial charge in [0.1, 0.15) is 5.78 Å². The van der Waals surface area contributed by atoms with Crippen molar-refractivity contribution in [3.05, 3.63) is 28.7 Å². The number of benzene rings is 1. The van der Waals surface area contributed by atoms with Crippen molar-refractivity contribution in [2.24, 2.45) is 0 Å². The number of anilines is 1. The van der Waals surface area contributed by atoms with Gasteiger partial charge in [-0.15, -0.1) is 0 Å². The average molecular weight is 311 g/mol. The van der Waals surface area contributed by atoms with Gasteiger partial charge >= 0.3 is 0 Å². The molecule has 4 nitrogen and oxygen atoms in total. The summed E-state index contributed by atoms with van der Waals surface area (Å²) in [7, 11) is 0. The zero-order valence-corrected chi connectivity index (χ0v) is 11.6. The van der Waals surface area contributed by atoms with E-state index in [-0.39, 0.29) is 18.2 Å². The molecule has 2 rings (SSSR count). The van der Waals surface area contributed by atoms with Crippen LogP contribution >= 0.6 is 15.9 Å². The molecule has 1 heterocycles. The van der Waals surface area contributed by atoms with Crippen molar-refractivity contribution >= 4 is 33.3 Å². The highest BCUT2D eigenvalue weighted by Crippen LogP contribution is 2.15. The number of hydrogen-bond acceptors (Lipinski definition) is 3. The van der Waals surface area contributed by atoms with Gasteiger partial charge in [-0.3, -0.25) is 14.5 Å². The second-order valence-corrected chi connectivity index (χ2v) is 5.33. The van der Waals surface area contributed by atoms with Gasteiger partial charge in [-0.05, 0) is 31.2 Å². The normalized spacial score (nSPS) is 16.6. The predicted molar refractivity (Wildman–Crippen MR) is 73.5 cm³/mol. The van der Waals surface area contributed by atoms with Crippen molar-refractivity contribution in [2.45, 2.75) is 12.8 Å². The molecule has 0 aliphatic carbocycles. The van der Waals surface area contributed by atoms with Crippen LogP contribution in [0.2, 0.25) is 0 Å². The molecule has 1 fully saturated rings. The molecule has 0 radical (unpaired) electrons. The second kappa shape index (κ2) is 6.11. The fraction of sp³-hybridized carbons (Fsp3) is 0.385. The van der Waals surface area contributed by atoms with Crippen molar-refractivity contribution in [1.82, 2.24) is 4.90 Å². The van der Waals surface area contributed by atoms with Gasteiger partial charge in [0.25, 0.3) is 0 Å². The number of likely N-dealkylation sites (tertiary alicyclic amines) is 1. The highest BCUT2D eigenvalue weighted by atomic mass is 79.9. The summed E-state index contributed by atoms with van der Waals surface area (Å²) in [6.07, 6.45) is 1.49. The van der Waals surface area contributed by atoms with Crippen LogP contribution < -0.4 is 5.32 Å². The topological polar surface area (TPSA) is 49.4 Å². The zero-order chi connectivity index (χ0) is 13.0. The molecule has 0 saturated carbocycles. The van der Waals surface area contributed by atoms with Crippen molar-refractivity contribution < 1.29 is 9.59 Å².